The van der Waals surface area contributed by atoms with Gasteiger partial charge in [-0.2, -0.15) is 0 Å². The van der Waals surface area contributed by atoms with Crippen LogP contribution in [0.5, 0.6) is 0 Å². The Labute approximate surface area is 92.6 Å². The molecule has 0 saturated heterocycles. The molecule has 0 heterocycles. The van der Waals surface area contributed by atoms with Crippen molar-refractivity contribution < 1.29 is 0 Å². The first kappa shape index (κ1) is 11.6. The van der Waals surface area contributed by atoms with E-state index in [0.717, 1.165) is 12.8 Å². The third-order valence-corrected chi connectivity index (χ3v) is 2.13. The van der Waals surface area contributed by atoms with Gasteiger partial charge in [0.2, 0.25) is 0 Å². The molecule has 0 aromatic carbocycles. The lowest BCUT2D eigenvalue weighted by atomic mass is 10.1. The fourth-order valence-corrected chi connectivity index (χ4v) is 1.38. The van der Waals surface area contributed by atoms with Crippen molar-refractivity contribution >= 4 is 0 Å². The van der Waals surface area contributed by atoms with Crippen LogP contribution in [0.4, 0.5) is 0 Å². The highest BCUT2D eigenvalue weighted by Gasteiger charge is 1.97. The van der Waals surface area contributed by atoms with E-state index in [1.165, 1.54) is 11.4 Å². The van der Waals surface area contributed by atoms with Gasteiger partial charge in [0.1, 0.15) is 0 Å². The van der Waals surface area contributed by atoms with Crippen molar-refractivity contribution in [3.8, 4) is 0 Å². The third-order valence-electron chi connectivity index (χ3n) is 2.13. The van der Waals surface area contributed by atoms with Crippen molar-refractivity contribution in [2.45, 2.75) is 26.7 Å². The van der Waals surface area contributed by atoms with Crippen LogP contribution in [0.15, 0.2) is 60.0 Å². The second-order valence-electron chi connectivity index (χ2n) is 3.54. The third kappa shape index (κ3) is 5.06. The minimum absolute atomic E-state index is 1.11. The minimum atomic E-state index is 1.11. The van der Waals surface area contributed by atoms with E-state index in [-0.39, 0.29) is 0 Å². The van der Waals surface area contributed by atoms with Crippen LogP contribution in [0.25, 0.3) is 0 Å². The molecule has 1 nitrogen and oxygen atoms in total. The van der Waals surface area contributed by atoms with Crippen LogP contribution in [-0.4, -0.2) is 0 Å². The summed E-state index contributed by atoms with van der Waals surface area (Å²) in [7, 11) is 0. The summed E-state index contributed by atoms with van der Waals surface area (Å²) in [6.07, 6.45) is 18.9. The Balaban J connectivity index is 2.43. The summed E-state index contributed by atoms with van der Waals surface area (Å²) < 4.78 is 0. The average molecular weight is 201 g/mol. The SMILES string of the molecule is C\C=C/C=C\C=C(/C)NC1=CC=CCC1. The van der Waals surface area contributed by atoms with Gasteiger partial charge in [0, 0.05) is 11.4 Å². The Morgan fingerprint density at radius 2 is 2.20 bits per heavy atom. The van der Waals surface area contributed by atoms with Crippen LogP contribution in [0.1, 0.15) is 26.7 Å². The van der Waals surface area contributed by atoms with Crippen LogP contribution in [0.2, 0.25) is 0 Å². The number of nitrogens with one attached hydrogen (secondary N) is 1. The van der Waals surface area contributed by atoms with Crippen LogP contribution in [0.3, 0.4) is 0 Å². The van der Waals surface area contributed by atoms with E-state index in [4.69, 9.17) is 0 Å². The predicted octanol–water partition coefficient (Wildman–Crippen LogP) is 3.85. The Bertz CT molecular complexity index is 327. The first-order chi connectivity index (χ1) is 7.33. The molecule has 0 fully saturated rings. The van der Waals surface area contributed by atoms with E-state index in [0.29, 0.717) is 0 Å². The maximum absolute atomic E-state index is 3.39. The molecule has 0 radical (unpaired) electrons. The number of allylic oxidation sites excluding steroid dienone is 10. The fraction of sp³-hybridized carbons (Fsp3) is 0.286. The second-order valence-corrected chi connectivity index (χ2v) is 3.54. The molecule has 1 heteroatoms. The quantitative estimate of drug-likeness (QED) is 0.681. The first-order valence-electron chi connectivity index (χ1n) is 5.42. The van der Waals surface area contributed by atoms with Crippen molar-refractivity contribution in [3.05, 3.63) is 60.0 Å². The Morgan fingerprint density at radius 3 is 2.87 bits per heavy atom. The minimum Gasteiger partial charge on any atom is -0.362 e. The topological polar surface area (TPSA) is 12.0 Å². The smallest absolute Gasteiger partial charge is 0.0151 e. The average Bonchev–Trinajstić information content (AvgIpc) is 2.26. The maximum atomic E-state index is 3.39. The van der Waals surface area contributed by atoms with Gasteiger partial charge in [-0.1, -0.05) is 36.5 Å². The lowest BCUT2D eigenvalue weighted by Crippen LogP contribution is -2.11. The molecule has 0 spiro atoms. The zero-order valence-electron chi connectivity index (χ0n) is 9.53. The highest BCUT2D eigenvalue weighted by atomic mass is 14.9. The zero-order chi connectivity index (χ0) is 10.9. The molecule has 0 aliphatic heterocycles. The van der Waals surface area contributed by atoms with Gasteiger partial charge in [0.15, 0.2) is 0 Å². The number of hydrogen-bond acceptors (Lipinski definition) is 1. The molecular weight excluding hydrogens is 182 g/mol. The van der Waals surface area contributed by atoms with Gasteiger partial charge in [-0.3, -0.25) is 0 Å². The highest BCUT2D eigenvalue weighted by Crippen LogP contribution is 2.10. The van der Waals surface area contributed by atoms with Gasteiger partial charge in [-0.15, -0.1) is 0 Å². The number of hydrogen-bond donors (Lipinski definition) is 1. The van der Waals surface area contributed by atoms with Gasteiger partial charge in [0.25, 0.3) is 0 Å². The summed E-state index contributed by atoms with van der Waals surface area (Å²) >= 11 is 0. The van der Waals surface area contributed by atoms with E-state index < -0.39 is 0 Å². The van der Waals surface area contributed by atoms with Crippen molar-refractivity contribution in [2.75, 3.05) is 0 Å². The van der Waals surface area contributed by atoms with E-state index in [1.807, 2.05) is 31.2 Å². The summed E-state index contributed by atoms with van der Waals surface area (Å²) in [5.41, 5.74) is 2.47. The standard InChI is InChI=1S/C14H19N/c1-3-4-5-7-10-13(2)15-14-11-8-6-9-12-14/h3-8,10-11,15H,9,12H2,1-2H3/b4-3-,7-5-,13-10+. The molecule has 1 aliphatic rings. The van der Waals surface area contributed by atoms with Crippen LogP contribution >= 0.6 is 0 Å². The van der Waals surface area contributed by atoms with Crippen molar-refractivity contribution in [2.24, 2.45) is 0 Å². The molecule has 0 aromatic rings. The fourth-order valence-electron chi connectivity index (χ4n) is 1.38. The first-order valence-corrected chi connectivity index (χ1v) is 5.42. The molecule has 0 unspecified atom stereocenters. The normalized spacial score (nSPS) is 17.5. The Morgan fingerprint density at radius 1 is 1.33 bits per heavy atom. The molecule has 0 aromatic heterocycles. The molecule has 1 rings (SSSR count). The highest BCUT2D eigenvalue weighted by molar-refractivity contribution is 5.22. The van der Waals surface area contributed by atoms with Gasteiger partial charge < -0.3 is 5.32 Å². The Hall–Kier alpha value is -1.50. The lowest BCUT2D eigenvalue weighted by Gasteiger charge is -2.11. The van der Waals surface area contributed by atoms with E-state index in [2.05, 4.69) is 36.5 Å². The van der Waals surface area contributed by atoms with Gasteiger partial charge in [-0.25, -0.2) is 0 Å². The zero-order valence-corrected chi connectivity index (χ0v) is 9.53. The molecule has 0 amide bonds. The Kier molecular flexibility index (Phi) is 5.31. The maximum Gasteiger partial charge on any atom is 0.0151 e. The van der Waals surface area contributed by atoms with Crippen LogP contribution in [0, 0.1) is 0 Å². The molecule has 0 saturated carbocycles. The van der Waals surface area contributed by atoms with Gasteiger partial charge in [0.05, 0.1) is 0 Å². The largest absolute Gasteiger partial charge is 0.362 e. The van der Waals surface area contributed by atoms with Crippen molar-refractivity contribution in [3.63, 3.8) is 0 Å². The molecule has 1 aliphatic carbocycles. The molecule has 0 atom stereocenters. The monoisotopic (exact) mass is 201 g/mol. The molecular formula is C14H19N. The van der Waals surface area contributed by atoms with Crippen molar-refractivity contribution in [1.29, 1.82) is 0 Å². The van der Waals surface area contributed by atoms with Gasteiger partial charge >= 0.3 is 0 Å². The summed E-state index contributed by atoms with van der Waals surface area (Å²) in [5.74, 6) is 0. The second kappa shape index (κ2) is 6.88. The summed E-state index contributed by atoms with van der Waals surface area (Å²) in [5, 5.41) is 3.39. The molecule has 80 valence electrons. The molecule has 0 bridgehead atoms. The van der Waals surface area contributed by atoms with E-state index in [1.54, 1.807) is 0 Å². The summed E-state index contributed by atoms with van der Waals surface area (Å²) in [4.78, 5) is 0. The number of rotatable bonds is 4. The summed E-state index contributed by atoms with van der Waals surface area (Å²) in [6.45, 7) is 4.09. The van der Waals surface area contributed by atoms with Crippen molar-refractivity contribution in [1.82, 2.24) is 5.32 Å². The van der Waals surface area contributed by atoms with E-state index >= 15 is 0 Å². The van der Waals surface area contributed by atoms with E-state index in [9.17, 15) is 0 Å². The predicted molar refractivity (Wildman–Crippen MR) is 67.3 cm³/mol. The molecule has 1 N–H and O–H groups in total. The van der Waals surface area contributed by atoms with Crippen LogP contribution < -0.4 is 5.32 Å². The lowest BCUT2D eigenvalue weighted by molar-refractivity contribution is 0.837. The molecule has 15 heavy (non-hydrogen) atoms. The summed E-state index contributed by atoms with van der Waals surface area (Å²) in [6, 6.07) is 0. The van der Waals surface area contributed by atoms with Gasteiger partial charge in [-0.05, 0) is 38.8 Å². The van der Waals surface area contributed by atoms with Crippen LogP contribution in [-0.2, 0) is 0 Å².